The van der Waals surface area contributed by atoms with Crippen molar-refractivity contribution < 1.29 is 60.4 Å². The summed E-state index contributed by atoms with van der Waals surface area (Å²) in [5, 5.41) is 14.2. The quantitative estimate of drug-likeness (QED) is 0.491. The Morgan fingerprint density at radius 1 is 0.973 bits per heavy atom. The van der Waals surface area contributed by atoms with Crippen molar-refractivity contribution in [3.8, 4) is 17.2 Å². The van der Waals surface area contributed by atoms with Crippen LogP contribution in [0.25, 0.3) is 0 Å². The number of hydrogen-bond donors (Lipinski definition) is 2. The molecule has 1 atom stereocenters. The molecule has 1 aromatic carbocycles. The summed E-state index contributed by atoms with van der Waals surface area (Å²) in [6.07, 6.45) is -7.55. The van der Waals surface area contributed by atoms with Crippen LogP contribution in [0.15, 0.2) is 12.1 Å². The molecule has 0 aromatic heterocycles. The molecule has 0 bridgehead atoms. The van der Waals surface area contributed by atoms with E-state index >= 15 is 0 Å². The minimum Gasteiger partial charge on any atom is -0.493 e. The number of alkyl halides is 6. The van der Waals surface area contributed by atoms with Crippen LogP contribution < -0.4 is 14.2 Å². The Hall–Kier alpha value is -2.94. The monoisotopic (exact) mass is 550 g/mol. The van der Waals surface area contributed by atoms with Gasteiger partial charge in [-0.25, -0.2) is 9.59 Å². The summed E-state index contributed by atoms with van der Waals surface area (Å²) < 4.78 is 79.9. The normalized spacial score (nSPS) is 16.1. The van der Waals surface area contributed by atoms with Gasteiger partial charge >= 0.3 is 24.3 Å². The number of benzene rings is 1. The molecule has 0 saturated carbocycles. The van der Waals surface area contributed by atoms with Crippen molar-refractivity contribution in [1.82, 2.24) is 9.80 Å². The van der Waals surface area contributed by atoms with Crippen molar-refractivity contribution in [3.63, 3.8) is 0 Å². The number of ether oxygens (including phenoxy) is 3. The maximum atomic E-state index is 10.6. The van der Waals surface area contributed by atoms with E-state index in [9.17, 15) is 26.3 Å². The van der Waals surface area contributed by atoms with Crippen LogP contribution in [-0.2, 0) is 16.1 Å². The van der Waals surface area contributed by atoms with Gasteiger partial charge in [-0.3, -0.25) is 0 Å². The van der Waals surface area contributed by atoms with Gasteiger partial charge in [0.1, 0.15) is 0 Å². The Kier molecular flexibility index (Phi) is 14.1. The maximum absolute atomic E-state index is 10.6. The number of likely N-dealkylation sites (tertiary alicyclic amines) is 1. The summed E-state index contributed by atoms with van der Waals surface area (Å²) in [6, 6.07) is 4.00. The lowest BCUT2D eigenvalue weighted by molar-refractivity contribution is -0.193. The van der Waals surface area contributed by atoms with Crippen LogP contribution in [0.5, 0.6) is 17.2 Å². The summed E-state index contributed by atoms with van der Waals surface area (Å²) >= 11 is 0. The SMILES string of the molecule is COc1ccc(CN(C)CC2CCCN(C)C2)c(OC)c1OC.O=C(O)C(F)(F)F.O=C(O)C(F)(F)F. The van der Waals surface area contributed by atoms with Gasteiger partial charge in [-0.15, -0.1) is 0 Å². The van der Waals surface area contributed by atoms with E-state index in [-0.39, 0.29) is 0 Å². The molecule has 1 aliphatic heterocycles. The predicted octanol–water partition coefficient (Wildman–Crippen LogP) is 3.75. The fourth-order valence-corrected chi connectivity index (χ4v) is 3.51. The second-order valence-corrected chi connectivity index (χ2v) is 8.07. The van der Waals surface area contributed by atoms with Crippen molar-refractivity contribution in [3.05, 3.63) is 17.7 Å². The first-order valence-corrected chi connectivity index (χ1v) is 10.7. The van der Waals surface area contributed by atoms with E-state index in [1.54, 1.807) is 21.3 Å². The van der Waals surface area contributed by atoms with E-state index < -0.39 is 24.3 Å². The molecule has 214 valence electrons. The first kappa shape index (κ1) is 34.1. The Morgan fingerprint density at radius 3 is 1.84 bits per heavy atom. The molecule has 1 saturated heterocycles. The van der Waals surface area contributed by atoms with Gasteiger partial charge in [0.25, 0.3) is 0 Å². The minimum atomic E-state index is -5.08. The number of carboxylic acid groups (broad SMARTS) is 2. The lowest BCUT2D eigenvalue weighted by Gasteiger charge is -2.32. The molecule has 1 fully saturated rings. The molecule has 1 aliphatic rings. The van der Waals surface area contributed by atoms with Gasteiger partial charge in [0.15, 0.2) is 11.5 Å². The first-order chi connectivity index (χ1) is 17.0. The Morgan fingerprint density at radius 2 is 1.46 bits per heavy atom. The second-order valence-electron chi connectivity index (χ2n) is 8.07. The van der Waals surface area contributed by atoms with E-state index in [4.69, 9.17) is 34.0 Å². The molecule has 2 N–H and O–H groups in total. The topological polar surface area (TPSA) is 109 Å². The van der Waals surface area contributed by atoms with Gasteiger partial charge in [0, 0.05) is 25.2 Å². The molecule has 0 aliphatic carbocycles. The van der Waals surface area contributed by atoms with E-state index in [0.29, 0.717) is 11.5 Å². The van der Waals surface area contributed by atoms with Crippen molar-refractivity contribution in [2.45, 2.75) is 31.7 Å². The number of piperidine rings is 1. The molecule has 2 rings (SSSR count). The summed E-state index contributed by atoms with van der Waals surface area (Å²) in [5.41, 5.74) is 1.12. The van der Waals surface area contributed by atoms with Crippen LogP contribution >= 0.6 is 0 Å². The smallest absolute Gasteiger partial charge is 0.490 e. The Bertz CT molecular complexity index is 841. The average molecular weight is 550 g/mol. The third-order valence-corrected chi connectivity index (χ3v) is 5.00. The number of halogens is 6. The predicted molar refractivity (Wildman–Crippen MR) is 120 cm³/mol. The third-order valence-electron chi connectivity index (χ3n) is 5.00. The number of aliphatic carboxylic acids is 2. The fraction of sp³-hybridized carbons (Fsp3) is 0.636. The van der Waals surface area contributed by atoms with Crippen LogP contribution in [-0.4, -0.2) is 99.4 Å². The summed E-state index contributed by atoms with van der Waals surface area (Å²) in [5.74, 6) is -2.65. The van der Waals surface area contributed by atoms with Gasteiger partial charge in [-0.2, -0.15) is 26.3 Å². The molecular weight excluding hydrogens is 518 g/mol. The Balaban J connectivity index is 0.000000761. The van der Waals surface area contributed by atoms with Crippen LogP contribution in [0.1, 0.15) is 18.4 Å². The molecular formula is C22H32F6N2O7. The van der Waals surface area contributed by atoms with Crippen LogP contribution in [0.4, 0.5) is 26.3 Å². The number of methoxy groups -OCH3 is 3. The maximum Gasteiger partial charge on any atom is 0.490 e. The molecule has 1 unspecified atom stereocenters. The molecule has 9 nitrogen and oxygen atoms in total. The highest BCUT2D eigenvalue weighted by Gasteiger charge is 2.38. The van der Waals surface area contributed by atoms with E-state index in [0.717, 1.165) is 30.3 Å². The zero-order chi connectivity index (χ0) is 29.0. The van der Waals surface area contributed by atoms with Crippen molar-refractivity contribution in [2.24, 2.45) is 5.92 Å². The van der Waals surface area contributed by atoms with Gasteiger partial charge in [-0.1, -0.05) is 6.07 Å². The summed E-state index contributed by atoms with van der Waals surface area (Å²) in [6.45, 7) is 4.35. The number of hydrogen-bond acceptors (Lipinski definition) is 7. The zero-order valence-electron chi connectivity index (χ0n) is 21.1. The average Bonchev–Trinajstić information content (AvgIpc) is 2.78. The number of nitrogens with zero attached hydrogens (tertiary/aromatic N) is 2. The van der Waals surface area contributed by atoms with Gasteiger partial charge in [-0.05, 0) is 45.5 Å². The lowest BCUT2D eigenvalue weighted by atomic mass is 9.98. The minimum absolute atomic E-state index is 0.665. The van der Waals surface area contributed by atoms with Crippen molar-refractivity contribution >= 4 is 11.9 Å². The van der Waals surface area contributed by atoms with Crippen LogP contribution in [0.2, 0.25) is 0 Å². The van der Waals surface area contributed by atoms with Crippen molar-refractivity contribution in [2.75, 3.05) is 55.1 Å². The highest BCUT2D eigenvalue weighted by molar-refractivity contribution is 5.73. The van der Waals surface area contributed by atoms with Gasteiger partial charge in [0.2, 0.25) is 5.75 Å². The highest BCUT2D eigenvalue weighted by atomic mass is 19.4. The standard InChI is InChI=1S/C18H30N2O3.2C2HF3O2/c1-19-10-6-7-14(11-19)12-20(2)13-15-8-9-16(21-3)18(23-5)17(15)22-4;2*3-2(4,5)1(6)7/h8-9,14H,6-7,10-13H2,1-5H3;2*(H,6,7). The summed E-state index contributed by atoms with van der Waals surface area (Å²) in [7, 11) is 9.35. The zero-order valence-corrected chi connectivity index (χ0v) is 21.1. The largest absolute Gasteiger partial charge is 0.493 e. The number of carboxylic acids is 2. The third kappa shape index (κ3) is 12.7. The molecule has 1 aromatic rings. The summed E-state index contributed by atoms with van der Waals surface area (Å²) in [4.78, 5) is 22.6. The lowest BCUT2D eigenvalue weighted by Crippen LogP contribution is -2.37. The van der Waals surface area contributed by atoms with Gasteiger partial charge < -0.3 is 34.2 Å². The van der Waals surface area contributed by atoms with E-state index in [1.165, 1.54) is 25.9 Å². The van der Waals surface area contributed by atoms with Gasteiger partial charge in [0.05, 0.1) is 21.3 Å². The van der Waals surface area contributed by atoms with Crippen molar-refractivity contribution in [1.29, 1.82) is 0 Å². The molecule has 0 radical (unpaired) electrons. The molecule has 1 heterocycles. The second kappa shape index (κ2) is 15.3. The van der Waals surface area contributed by atoms with E-state index in [1.807, 2.05) is 6.07 Å². The molecule has 0 spiro atoms. The number of carbonyl (C=O) groups is 2. The van der Waals surface area contributed by atoms with Crippen LogP contribution in [0.3, 0.4) is 0 Å². The molecule has 0 amide bonds. The highest BCUT2D eigenvalue weighted by Crippen LogP contribution is 2.40. The molecule has 37 heavy (non-hydrogen) atoms. The Labute approximate surface area is 210 Å². The van der Waals surface area contributed by atoms with Crippen LogP contribution in [0, 0.1) is 5.92 Å². The molecule has 15 heteroatoms. The fourth-order valence-electron chi connectivity index (χ4n) is 3.51. The van der Waals surface area contributed by atoms with E-state index in [2.05, 4.69) is 30.0 Å². The number of rotatable bonds is 7. The first-order valence-electron chi connectivity index (χ1n) is 10.7.